The van der Waals surface area contributed by atoms with Crippen LogP contribution >= 0.6 is 0 Å². The van der Waals surface area contributed by atoms with Crippen molar-refractivity contribution in [3.8, 4) is 0 Å². The average molecular weight is 319 g/mol. The fourth-order valence-electron chi connectivity index (χ4n) is 3.03. The van der Waals surface area contributed by atoms with Crippen LogP contribution in [0.4, 0.5) is 5.95 Å². The molecule has 23 heavy (non-hydrogen) atoms. The van der Waals surface area contributed by atoms with Crippen molar-refractivity contribution in [2.45, 2.75) is 25.4 Å². The van der Waals surface area contributed by atoms with Crippen LogP contribution in [0, 0.1) is 0 Å². The van der Waals surface area contributed by atoms with Crippen LogP contribution in [-0.2, 0) is 9.53 Å². The number of amides is 1. The van der Waals surface area contributed by atoms with Gasteiger partial charge in [-0.1, -0.05) is 0 Å². The lowest BCUT2D eigenvalue weighted by molar-refractivity contribution is -0.131. The van der Waals surface area contributed by atoms with Gasteiger partial charge in [0.1, 0.15) is 0 Å². The molecule has 3 heterocycles. The fraction of sp³-hybridized carbons (Fsp3) is 0.688. The highest BCUT2D eigenvalue weighted by Gasteiger charge is 2.22. The molecule has 1 unspecified atom stereocenters. The van der Waals surface area contributed by atoms with E-state index in [1.165, 1.54) is 0 Å². The lowest BCUT2D eigenvalue weighted by Crippen LogP contribution is -2.49. The van der Waals surface area contributed by atoms with Crippen molar-refractivity contribution >= 4 is 11.9 Å². The molecule has 0 spiro atoms. The number of hydrogen-bond acceptors (Lipinski definition) is 6. The van der Waals surface area contributed by atoms with Crippen molar-refractivity contribution < 1.29 is 9.53 Å². The van der Waals surface area contributed by atoms with Gasteiger partial charge in [0, 0.05) is 64.7 Å². The quantitative estimate of drug-likeness (QED) is 0.760. The van der Waals surface area contributed by atoms with Crippen LogP contribution in [-0.4, -0.2) is 72.8 Å². The number of rotatable bonds is 6. The van der Waals surface area contributed by atoms with E-state index in [0.29, 0.717) is 12.5 Å². The first kappa shape index (κ1) is 16.1. The summed E-state index contributed by atoms with van der Waals surface area (Å²) in [5.41, 5.74) is 0. The molecule has 0 radical (unpaired) electrons. The lowest BCUT2D eigenvalue weighted by atomic mass is 10.2. The first-order valence-electron chi connectivity index (χ1n) is 8.45. The fourth-order valence-corrected chi connectivity index (χ4v) is 3.03. The Morgan fingerprint density at radius 2 is 2.04 bits per heavy atom. The zero-order chi connectivity index (χ0) is 15.9. The Kier molecular flexibility index (Phi) is 5.76. The van der Waals surface area contributed by atoms with E-state index in [-0.39, 0.29) is 5.91 Å². The molecule has 2 aliphatic rings. The molecule has 0 saturated carbocycles. The molecular weight excluding hydrogens is 294 g/mol. The van der Waals surface area contributed by atoms with Gasteiger partial charge in [-0.3, -0.25) is 4.79 Å². The summed E-state index contributed by atoms with van der Waals surface area (Å²) in [7, 11) is 0. The van der Waals surface area contributed by atoms with Crippen LogP contribution in [0.25, 0.3) is 0 Å². The Morgan fingerprint density at radius 1 is 1.26 bits per heavy atom. The van der Waals surface area contributed by atoms with E-state index in [1.54, 1.807) is 12.4 Å². The maximum absolute atomic E-state index is 12.2. The maximum Gasteiger partial charge on any atom is 0.225 e. The second-order valence-corrected chi connectivity index (χ2v) is 6.01. The summed E-state index contributed by atoms with van der Waals surface area (Å²) in [6, 6.07) is 1.81. The van der Waals surface area contributed by atoms with Gasteiger partial charge in [-0.25, -0.2) is 9.97 Å². The molecule has 0 aliphatic carbocycles. The van der Waals surface area contributed by atoms with Gasteiger partial charge in [0.2, 0.25) is 11.9 Å². The number of piperazine rings is 1. The van der Waals surface area contributed by atoms with E-state index in [1.807, 2.05) is 11.0 Å². The summed E-state index contributed by atoms with van der Waals surface area (Å²) < 4.78 is 5.55. The molecule has 3 rings (SSSR count). The van der Waals surface area contributed by atoms with Gasteiger partial charge < -0.3 is 19.9 Å². The predicted octanol–water partition coefficient (Wildman–Crippen LogP) is 0.284. The normalized spacial score (nSPS) is 21.7. The number of nitrogens with one attached hydrogen (secondary N) is 1. The summed E-state index contributed by atoms with van der Waals surface area (Å²) in [6.45, 7) is 5.51. The molecule has 2 aliphatic heterocycles. The summed E-state index contributed by atoms with van der Waals surface area (Å²) in [4.78, 5) is 24.8. The van der Waals surface area contributed by atoms with Gasteiger partial charge in [-0.05, 0) is 18.9 Å². The van der Waals surface area contributed by atoms with Crippen LogP contribution in [0.5, 0.6) is 0 Å². The highest BCUT2D eigenvalue weighted by Crippen LogP contribution is 2.11. The Morgan fingerprint density at radius 3 is 2.74 bits per heavy atom. The first-order chi connectivity index (χ1) is 11.3. The third kappa shape index (κ3) is 4.62. The third-order valence-corrected chi connectivity index (χ3v) is 4.38. The highest BCUT2D eigenvalue weighted by atomic mass is 16.5. The lowest BCUT2D eigenvalue weighted by Gasteiger charge is -2.34. The standard InChI is InChI=1S/C16H25N5O2/c22-15(4-7-17-13-14-3-1-12-23-14)20-8-10-21(11-9-20)16-18-5-2-6-19-16/h2,5-6,14,17H,1,3-4,7-13H2. The van der Waals surface area contributed by atoms with Crippen molar-refractivity contribution in [2.24, 2.45) is 0 Å². The highest BCUT2D eigenvalue weighted by molar-refractivity contribution is 5.76. The van der Waals surface area contributed by atoms with Gasteiger partial charge >= 0.3 is 0 Å². The Labute approximate surface area is 137 Å². The minimum atomic E-state index is 0.221. The van der Waals surface area contributed by atoms with Crippen molar-refractivity contribution in [3.05, 3.63) is 18.5 Å². The molecule has 0 bridgehead atoms. The topological polar surface area (TPSA) is 70.6 Å². The van der Waals surface area contributed by atoms with Crippen molar-refractivity contribution in [2.75, 3.05) is 50.8 Å². The van der Waals surface area contributed by atoms with Gasteiger partial charge in [0.25, 0.3) is 0 Å². The first-order valence-corrected chi connectivity index (χ1v) is 8.45. The molecule has 1 aromatic rings. The maximum atomic E-state index is 12.2. The van der Waals surface area contributed by atoms with Crippen LogP contribution in [0.15, 0.2) is 18.5 Å². The minimum Gasteiger partial charge on any atom is -0.377 e. The molecular formula is C16H25N5O2. The van der Waals surface area contributed by atoms with Crippen molar-refractivity contribution in [1.29, 1.82) is 0 Å². The molecule has 2 fully saturated rings. The molecule has 1 aromatic heterocycles. The average Bonchev–Trinajstić information content (AvgIpc) is 3.13. The molecule has 1 N–H and O–H groups in total. The zero-order valence-electron chi connectivity index (χ0n) is 13.5. The number of carbonyl (C=O) groups is 1. The van der Waals surface area contributed by atoms with Crippen LogP contribution in [0.3, 0.4) is 0 Å². The molecule has 7 nitrogen and oxygen atoms in total. The number of nitrogens with zero attached hydrogens (tertiary/aromatic N) is 4. The number of hydrogen-bond donors (Lipinski definition) is 1. The predicted molar refractivity (Wildman–Crippen MR) is 87.3 cm³/mol. The number of carbonyl (C=O) groups excluding carboxylic acids is 1. The number of ether oxygens (including phenoxy) is 1. The summed E-state index contributed by atoms with van der Waals surface area (Å²) in [5, 5.41) is 3.33. The van der Waals surface area contributed by atoms with Crippen LogP contribution in [0.2, 0.25) is 0 Å². The third-order valence-electron chi connectivity index (χ3n) is 4.38. The van der Waals surface area contributed by atoms with E-state index >= 15 is 0 Å². The largest absolute Gasteiger partial charge is 0.377 e. The van der Waals surface area contributed by atoms with E-state index < -0.39 is 0 Å². The molecule has 1 amide bonds. The SMILES string of the molecule is O=C(CCNCC1CCCO1)N1CCN(c2ncccn2)CC1. The van der Waals surface area contributed by atoms with Crippen LogP contribution in [0.1, 0.15) is 19.3 Å². The van der Waals surface area contributed by atoms with E-state index in [4.69, 9.17) is 4.74 Å². The van der Waals surface area contributed by atoms with Gasteiger partial charge in [0.15, 0.2) is 0 Å². The second kappa shape index (κ2) is 8.21. The zero-order valence-corrected chi connectivity index (χ0v) is 13.5. The molecule has 1 atom stereocenters. The Bertz CT molecular complexity index is 485. The number of anilines is 1. The summed E-state index contributed by atoms with van der Waals surface area (Å²) in [6.07, 6.45) is 6.67. The Balaban J connectivity index is 1.33. The summed E-state index contributed by atoms with van der Waals surface area (Å²) >= 11 is 0. The molecule has 0 aromatic carbocycles. The monoisotopic (exact) mass is 319 g/mol. The van der Waals surface area contributed by atoms with Gasteiger partial charge in [-0.2, -0.15) is 0 Å². The molecule has 126 valence electrons. The molecule has 7 heteroatoms. The smallest absolute Gasteiger partial charge is 0.225 e. The van der Waals surface area contributed by atoms with Crippen LogP contribution < -0.4 is 10.2 Å². The van der Waals surface area contributed by atoms with Gasteiger partial charge in [-0.15, -0.1) is 0 Å². The minimum absolute atomic E-state index is 0.221. The van der Waals surface area contributed by atoms with E-state index in [2.05, 4.69) is 20.2 Å². The van der Waals surface area contributed by atoms with E-state index in [0.717, 1.165) is 64.7 Å². The number of aromatic nitrogens is 2. The second-order valence-electron chi connectivity index (χ2n) is 6.01. The Hall–Kier alpha value is -1.73. The van der Waals surface area contributed by atoms with E-state index in [9.17, 15) is 4.79 Å². The van der Waals surface area contributed by atoms with Gasteiger partial charge in [0.05, 0.1) is 6.10 Å². The molecule has 2 saturated heterocycles. The van der Waals surface area contributed by atoms with Crippen molar-refractivity contribution in [1.82, 2.24) is 20.2 Å². The summed E-state index contributed by atoms with van der Waals surface area (Å²) in [5.74, 6) is 0.969. The van der Waals surface area contributed by atoms with Crippen molar-refractivity contribution in [3.63, 3.8) is 0 Å².